The largest absolute Gasteiger partial charge is 0.464 e. The van der Waals surface area contributed by atoms with Crippen LogP contribution < -0.4 is 0 Å². The van der Waals surface area contributed by atoms with Crippen LogP contribution in [0.2, 0.25) is 0 Å². The van der Waals surface area contributed by atoms with Crippen molar-refractivity contribution in [3.05, 3.63) is 12.7 Å². The lowest BCUT2D eigenvalue weighted by Crippen LogP contribution is -2.35. The van der Waals surface area contributed by atoms with Crippen LogP contribution in [-0.4, -0.2) is 23.8 Å². The lowest BCUT2D eigenvalue weighted by atomic mass is 9.94. The van der Waals surface area contributed by atoms with E-state index in [1.807, 2.05) is 13.8 Å². The Labute approximate surface area is 72.1 Å². The first-order valence-electron chi connectivity index (χ1n) is 4.00. The van der Waals surface area contributed by atoms with Gasteiger partial charge in [-0.2, -0.15) is 0 Å². The van der Waals surface area contributed by atoms with Crippen LogP contribution in [0, 0.1) is 0 Å². The van der Waals surface area contributed by atoms with E-state index in [0.717, 1.165) is 12.7 Å². The number of ether oxygens (including phenoxy) is 1. The van der Waals surface area contributed by atoms with Crippen LogP contribution in [-0.2, 0) is 9.53 Å². The van der Waals surface area contributed by atoms with E-state index in [1.54, 1.807) is 0 Å². The second-order valence-corrected chi connectivity index (χ2v) is 3.04. The Morgan fingerprint density at radius 3 is 2.83 bits per heavy atom. The van der Waals surface area contributed by atoms with Crippen molar-refractivity contribution >= 4 is 12.2 Å². The number of carbonyl (C=O) groups excluding carboxylic acids is 1. The van der Waals surface area contributed by atoms with Gasteiger partial charge in [0.2, 0.25) is 5.90 Å². The zero-order chi connectivity index (χ0) is 9.19. The van der Waals surface area contributed by atoms with Gasteiger partial charge in [-0.25, -0.2) is 4.99 Å². The van der Waals surface area contributed by atoms with Gasteiger partial charge < -0.3 is 4.74 Å². The van der Waals surface area contributed by atoms with Crippen molar-refractivity contribution in [1.82, 2.24) is 0 Å². The Morgan fingerprint density at radius 1 is 1.83 bits per heavy atom. The maximum absolute atomic E-state index is 10.6. The maximum atomic E-state index is 10.6. The molecule has 1 aliphatic heterocycles. The van der Waals surface area contributed by atoms with Crippen LogP contribution in [0.15, 0.2) is 17.6 Å². The van der Waals surface area contributed by atoms with Gasteiger partial charge in [-0.15, -0.1) is 0 Å². The highest BCUT2D eigenvalue weighted by Gasteiger charge is 2.39. The Bertz CT molecular complexity index is 235. The SMILES string of the molecule is C=CC1=NC(C)(CC)C(C=O)O1. The number of carbonyl (C=O) groups is 1. The Balaban J connectivity index is 2.89. The molecule has 0 fully saturated rings. The summed E-state index contributed by atoms with van der Waals surface area (Å²) >= 11 is 0. The molecule has 2 atom stereocenters. The molecule has 0 saturated carbocycles. The summed E-state index contributed by atoms with van der Waals surface area (Å²) in [6.45, 7) is 7.43. The van der Waals surface area contributed by atoms with E-state index in [1.165, 1.54) is 6.08 Å². The molecule has 0 N–H and O–H groups in total. The van der Waals surface area contributed by atoms with Gasteiger partial charge >= 0.3 is 0 Å². The average molecular weight is 167 g/mol. The highest BCUT2D eigenvalue weighted by atomic mass is 16.5. The van der Waals surface area contributed by atoms with Crippen molar-refractivity contribution in [3.8, 4) is 0 Å². The van der Waals surface area contributed by atoms with Crippen LogP contribution in [0.3, 0.4) is 0 Å². The van der Waals surface area contributed by atoms with Crippen molar-refractivity contribution in [3.63, 3.8) is 0 Å². The van der Waals surface area contributed by atoms with Gasteiger partial charge in [0.05, 0.1) is 0 Å². The van der Waals surface area contributed by atoms with E-state index >= 15 is 0 Å². The molecule has 2 unspecified atom stereocenters. The molecule has 3 heteroatoms. The van der Waals surface area contributed by atoms with Crippen molar-refractivity contribution in [2.75, 3.05) is 0 Å². The fraction of sp³-hybridized carbons (Fsp3) is 0.556. The Kier molecular flexibility index (Phi) is 2.31. The number of aliphatic imine (C=N–C) groups is 1. The minimum absolute atomic E-state index is 0.398. The van der Waals surface area contributed by atoms with Gasteiger partial charge in [-0.1, -0.05) is 13.5 Å². The molecule has 0 aromatic carbocycles. The molecule has 1 heterocycles. The standard InChI is InChI=1S/C9H13NO2/c1-4-8-10-9(3,5-2)7(6-11)12-8/h4,6-7H,1,5H2,2-3H3. The summed E-state index contributed by atoms with van der Waals surface area (Å²) in [6, 6.07) is 0. The van der Waals surface area contributed by atoms with Gasteiger partial charge in [0, 0.05) is 0 Å². The first-order valence-corrected chi connectivity index (χ1v) is 4.00. The predicted molar refractivity (Wildman–Crippen MR) is 47.3 cm³/mol. The lowest BCUT2D eigenvalue weighted by Gasteiger charge is -2.20. The van der Waals surface area contributed by atoms with Gasteiger partial charge in [-0.05, 0) is 19.4 Å². The van der Waals surface area contributed by atoms with Crippen molar-refractivity contribution in [1.29, 1.82) is 0 Å². The molecular weight excluding hydrogens is 154 g/mol. The zero-order valence-electron chi connectivity index (χ0n) is 7.41. The van der Waals surface area contributed by atoms with Crippen molar-refractivity contribution in [2.45, 2.75) is 31.9 Å². The van der Waals surface area contributed by atoms with Crippen molar-refractivity contribution in [2.24, 2.45) is 4.99 Å². The van der Waals surface area contributed by atoms with E-state index < -0.39 is 11.6 Å². The lowest BCUT2D eigenvalue weighted by molar-refractivity contribution is -0.115. The average Bonchev–Trinajstić information content (AvgIpc) is 2.43. The van der Waals surface area contributed by atoms with Gasteiger partial charge in [0.15, 0.2) is 12.4 Å². The highest BCUT2D eigenvalue weighted by molar-refractivity contribution is 5.91. The number of nitrogens with zero attached hydrogens (tertiary/aromatic N) is 1. The fourth-order valence-electron chi connectivity index (χ4n) is 1.15. The van der Waals surface area contributed by atoms with Crippen LogP contribution in [0.5, 0.6) is 0 Å². The summed E-state index contributed by atoms with van der Waals surface area (Å²) in [5.41, 5.74) is -0.398. The molecule has 0 aliphatic carbocycles. The number of aldehydes is 1. The van der Waals surface area contributed by atoms with Crippen LogP contribution in [0.25, 0.3) is 0 Å². The number of rotatable bonds is 3. The molecule has 0 saturated heterocycles. The van der Waals surface area contributed by atoms with E-state index in [2.05, 4.69) is 11.6 Å². The third kappa shape index (κ3) is 1.26. The molecule has 3 nitrogen and oxygen atoms in total. The minimum atomic E-state index is -0.449. The van der Waals surface area contributed by atoms with Gasteiger partial charge in [0.25, 0.3) is 0 Å². The summed E-state index contributed by atoms with van der Waals surface area (Å²) in [5.74, 6) is 0.469. The smallest absolute Gasteiger partial charge is 0.209 e. The summed E-state index contributed by atoms with van der Waals surface area (Å²) in [7, 11) is 0. The van der Waals surface area contributed by atoms with E-state index in [4.69, 9.17) is 4.74 Å². The molecule has 0 aromatic rings. The topological polar surface area (TPSA) is 38.7 Å². The van der Waals surface area contributed by atoms with E-state index in [-0.39, 0.29) is 0 Å². The third-order valence-electron chi connectivity index (χ3n) is 2.24. The van der Waals surface area contributed by atoms with Crippen LogP contribution >= 0.6 is 0 Å². The zero-order valence-corrected chi connectivity index (χ0v) is 7.41. The highest BCUT2D eigenvalue weighted by Crippen LogP contribution is 2.27. The summed E-state index contributed by atoms with van der Waals surface area (Å²) < 4.78 is 5.23. The van der Waals surface area contributed by atoms with Gasteiger partial charge in [0.1, 0.15) is 5.54 Å². The first-order chi connectivity index (χ1) is 5.66. The number of hydrogen-bond donors (Lipinski definition) is 0. The molecule has 1 rings (SSSR count). The second kappa shape index (κ2) is 3.09. The maximum Gasteiger partial charge on any atom is 0.209 e. The summed E-state index contributed by atoms with van der Waals surface area (Å²) in [6.07, 6.45) is 2.66. The van der Waals surface area contributed by atoms with Crippen LogP contribution in [0.1, 0.15) is 20.3 Å². The molecule has 0 amide bonds. The quantitative estimate of drug-likeness (QED) is 0.595. The van der Waals surface area contributed by atoms with Crippen LogP contribution in [0.4, 0.5) is 0 Å². The Morgan fingerprint density at radius 2 is 2.50 bits per heavy atom. The molecule has 0 radical (unpaired) electrons. The molecule has 1 aliphatic rings. The van der Waals surface area contributed by atoms with Gasteiger partial charge in [-0.3, -0.25) is 4.79 Å². The minimum Gasteiger partial charge on any atom is -0.464 e. The molecular formula is C9H13NO2. The number of hydrogen-bond acceptors (Lipinski definition) is 3. The predicted octanol–water partition coefficient (Wildman–Crippen LogP) is 1.34. The molecule has 66 valence electrons. The summed E-state index contributed by atoms with van der Waals surface area (Å²) in [5, 5.41) is 0. The fourth-order valence-corrected chi connectivity index (χ4v) is 1.15. The molecule has 0 bridgehead atoms. The monoisotopic (exact) mass is 167 g/mol. The normalized spacial score (nSPS) is 33.8. The Hall–Kier alpha value is -1.12. The first kappa shape index (κ1) is 8.97. The third-order valence-corrected chi connectivity index (χ3v) is 2.24. The van der Waals surface area contributed by atoms with E-state index in [9.17, 15) is 4.79 Å². The molecule has 0 aromatic heterocycles. The summed E-state index contributed by atoms with van der Waals surface area (Å²) in [4.78, 5) is 14.9. The molecule has 12 heavy (non-hydrogen) atoms. The molecule has 0 spiro atoms. The van der Waals surface area contributed by atoms with Crippen molar-refractivity contribution < 1.29 is 9.53 Å². The van der Waals surface area contributed by atoms with E-state index in [0.29, 0.717) is 5.90 Å². The second-order valence-electron chi connectivity index (χ2n) is 3.04.